The molecule has 0 N–H and O–H groups in total. The van der Waals surface area contributed by atoms with E-state index in [0.717, 1.165) is 0 Å². The van der Waals surface area contributed by atoms with E-state index in [1.54, 1.807) is 0 Å². The van der Waals surface area contributed by atoms with Crippen molar-refractivity contribution in [1.29, 1.82) is 0 Å². The van der Waals surface area contributed by atoms with Crippen LogP contribution in [0.15, 0.2) is 29.2 Å². The van der Waals surface area contributed by atoms with Gasteiger partial charge in [0.15, 0.2) is 0 Å². The van der Waals surface area contributed by atoms with Crippen LogP contribution in [0.25, 0.3) is 0 Å². The van der Waals surface area contributed by atoms with Crippen LogP contribution in [-0.4, -0.2) is 19.2 Å². The third-order valence-electron chi connectivity index (χ3n) is 1.32. The number of nitrogens with zero attached hydrogens (tertiary/aromatic N) is 1. The van der Waals surface area contributed by atoms with Crippen LogP contribution < -0.4 is 0 Å². The average molecular weight is 200 g/mol. The van der Waals surface area contributed by atoms with Crippen LogP contribution >= 0.6 is 0 Å². The van der Waals surface area contributed by atoms with Gasteiger partial charge in [0.05, 0.1) is 4.90 Å². The summed E-state index contributed by atoms with van der Waals surface area (Å²) in [6.45, 7) is 0. The van der Waals surface area contributed by atoms with Gasteiger partial charge in [-0.25, -0.2) is 8.42 Å². The van der Waals surface area contributed by atoms with Crippen LogP contribution in [0.1, 0.15) is 0 Å². The Kier molecular flexibility index (Phi) is 2.62. The summed E-state index contributed by atoms with van der Waals surface area (Å²) in [6.07, 6.45) is 0. The molecule has 13 heavy (non-hydrogen) atoms. The molecule has 0 aliphatic carbocycles. The predicted octanol–water partition coefficient (Wildman–Crippen LogP) is 0.495. The van der Waals surface area contributed by atoms with Crippen molar-refractivity contribution in [2.45, 2.75) is 4.90 Å². The summed E-state index contributed by atoms with van der Waals surface area (Å²) >= 11 is 0. The van der Waals surface area contributed by atoms with Crippen LogP contribution in [0.3, 0.4) is 0 Å². The number of benzene rings is 1. The Morgan fingerprint density at radius 2 is 1.92 bits per heavy atom. The number of sulfone groups is 1. The summed E-state index contributed by atoms with van der Waals surface area (Å²) in [7, 11) is -3.78. The Morgan fingerprint density at radius 1 is 1.38 bits per heavy atom. The van der Waals surface area contributed by atoms with E-state index in [1.165, 1.54) is 24.3 Å². The fourth-order valence-corrected chi connectivity index (χ4v) is 1.77. The van der Waals surface area contributed by atoms with Crippen molar-refractivity contribution in [1.82, 2.24) is 0 Å². The van der Waals surface area contributed by atoms with Crippen molar-refractivity contribution < 1.29 is 13.3 Å². The van der Waals surface area contributed by atoms with Gasteiger partial charge in [-0.1, -0.05) is 12.1 Å². The zero-order chi connectivity index (χ0) is 9.90. The van der Waals surface area contributed by atoms with Crippen LogP contribution in [0.5, 0.6) is 0 Å². The van der Waals surface area contributed by atoms with Crippen molar-refractivity contribution >= 4 is 9.84 Å². The van der Waals surface area contributed by atoms with Crippen LogP contribution in [-0.2, 0) is 9.84 Å². The molecule has 69 valence electrons. The van der Waals surface area contributed by atoms with Crippen LogP contribution in [0.4, 0.5) is 0 Å². The number of hydrogen-bond acceptors (Lipinski definition) is 4. The molecule has 0 fully saturated rings. The van der Waals surface area contributed by atoms with Gasteiger partial charge in [0, 0.05) is 4.92 Å². The first-order chi connectivity index (χ1) is 6.02. The minimum atomic E-state index is -3.78. The average Bonchev–Trinajstić information content (AvgIpc) is 2.04. The quantitative estimate of drug-likeness (QED) is 0.525. The van der Waals surface area contributed by atoms with Crippen LogP contribution in [0.2, 0.25) is 0 Å². The fourth-order valence-electron chi connectivity index (χ4n) is 0.792. The maximum Gasteiger partial charge on any atom is 0.305 e. The molecule has 0 unspecified atom stereocenters. The minimum Gasteiger partial charge on any atom is -0.263 e. The van der Waals surface area contributed by atoms with E-state index in [-0.39, 0.29) is 4.90 Å². The van der Waals surface area contributed by atoms with Gasteiger partial charge in [-0.3, -0.25) is 10.1 Å². The monoisotopic (exact) mass is 200 g/mol. The Bertz CT molecular complexity index is 398. The molecule has 0 aliphatic rings. The zero-order valence-electron chi connectivity index (χ0n) is 6.50. The van der Waals surface area contributed by atoms with E-state index in [1.807, 2.05) is 0 Å². The number of rotatable bonds is 3. The van der Waals surface area contributed by atoms with E-state index < -0.39 is 20.6 Å². The second-order valence-corrected chi connectivity index (χ2v) is 4.27. The maximum atomic E-state index is 11.2. The lowest BCUT2D eigenvalue weighted by Gasteiger charge is -1.97. The highest BCUT2D eigenvalue weighted by Gasteiger charge is 2.20. The maximum absolute atomic E-state index is 11.2. The topological polar surface area (TPSA) is 77.3 Å². The summed E-state index contributed by atoms with van der Waals surface area (Å²) in [4.78, 5) is 9.09. The predicted molar refractivity (Wildman–Crippen MR) is 44.3 cm³/mol. The van der Waals surface area contributed by atoms with Gasteiger partial charge in [0.2, 0.25) is 9.84 Å². The molecule has 5 nitrogen and oxygen atoms in total. The number of hydrogen-bond donors (Lipinski definition) is 0. The van der Waals surface area contributed by atoms with E-state index in [2.05, 4.69) is 6.07 Å². The lowest BCUT2D eigenvalue weighted by Crippen LogP contribution is -2.14. The highest BCUT2D eigenvalue weighted by atomic mass is 32.2. The molecular weight excluding hydrogens is 194 g/mol. The number of nitro groups is 1. The van der Waals surface area contributed by atoms with Gasteiger partial charge in [0.1, 0.15) is 0 Å². The molecule has 0 heterocycles. The second kappa shape index (κ2) is 3.53. The van der Waals surface area contributed by atoms with E-state index in [4.69, 9.17) is 0 Å². The third-order valence-corrected chi connectivity index (χ3v) is 2.86. The summed E-state index contributed by atoms with van der Waals surface area (Å²) in [5.41, 5.74) is 0. The van der Waals surface area contributed by atoms with E-state index in [0.29, 0.717) is 0 Å². The Morgan fingerprint density at radius 3 is 2.38 bits per heavy atom. The fraction of sp³-hybridized carbons (Fsp3) is 0.143. The van der Waals surface area contributed by atoms with Crippen molar-refractivity contribution in [2.24, 2.45) is 0 Å². The normalized spacial score (nSPS) is 11.1. The molecule has 6 heteroatoms. The SMILES string of the molecule is O=[N+]([O-])CS(=O)(=O)c1cc[c]cc1. The van der Waals surface area contributed by atoms with Crippen LogP contribution in [0, 0.1) is 16.2 Å². The zero-order valence-corrected chi connectivity index (χ0v) is 7.32. The van der Waals surface area contributed by atoms with E-state index in [9.17, 15) is 18.5 Å². The lowest BCUT2D eigenvalue weighted by molar-refractivity contribution is -0.458. The molecule has 1 rings (SSSR count). The highest BCUT2D eigenvalue weighted by Crippen LogP contribution is 2.09. The molecule has 0 bridgehead atoms. The first-order valence-corrected chi connectivity index (χ1v) is 4.98. The van der Waals surface area contributed by atoms with Gasteiger partial charge in [-0.15, -0.1) is 0 Å². The summed E-state index contributed by atoms with van der Waals surface area (Å²) < 4.78 is 22.4. The molecule has 0 aromatic heterocycles. The Hall–Kier alpha value is -1.43. The molecule has 1 radical (unpaired) electrons. The molecule has 0 atom stereocenters. The summed E-state index contributed by atoms with van der Waals surface area (Å²) in [6, 6.07) is 7.97. The minimum absolute atomic E-state index is 0.0528. The Labute approximate surface area is 75.1 Å². The first-order valence-electron chi connectivity index (χ1n) is 3.33. The molecule has 0 spiro atoms. The van der Waals surface area contributed by atoms with Gasteiger partial charge in [-0.05, 0) is 18.2 Å². The molecule has 1 aromatic carbocycles. The van der Waals surface area contributed by atoms with Gasteiger partial charge >= 0.3 is 5.88 Å². The summed E-state index contributed by atoms with van der Waals surface area (Å²) in [5, 5.41) is 10.0. The lowest BCUT2D eigenvalue weighted by atomic mass is 10.4. The highest BCUT2D eigenvalue weighted by molar-refractivity contribution is 7.91. The van der Waals surface area contributed by atoms with Gasteiger partial charge in [-0.2, -0.15) is 0 Å². The molecule has 0 aliphatic heterocycles. The molecule has 0 saturated heterocycles. The largest absolute Gasteiger partial charge is 0.305 e. The Balaban J connectivity index is 3.02. The molecule has 0 saturated carbocycles. The van der Waals surface area contributed by atoms with Gasteiger partial charge in [0.25, 0.3) is 0 Å². The standard InChI is InChI=1S/C7H6NO4S/c9-8(10)6-13(11,12)7-4-2-1-3-5-7/h2-5H,6H2. The van der Waals surface area contributed by atoms with Crippen molar-refractivity contribution in [3.63, 3.8) is 0 Å². The third kappa shape index (κ3) is 2.51. The van der Waals surface area contributed by atoms with Crippen molar-refractivity contribution in [2.75, 3.05) is 5.88 Å². The van der Waals surface area contributed by atoms with Gasteiger partial charge < -0.3 is 0 Å². The first kappa shape index (κ1) is 9.66. The second-order valence-electron chi connectivity index (χ2n) is 2.31. The van der Waals surface area contributed by atoms with Crippen molar-refractivity contribution in [3.05, 3.63) is 40.4 Å². The van der Waals surface area contributed by atoms with E-state index >= 15 is 0 Å². The molecule has 0 amide bonds. The molecule has 1 aromatic rings. The van der Waals surface area contributed by atoms with Crippen molar-refractivity contribution in [3.8, 4) is 0 Å². The smallest absolute Gasteiger partial charge is 0.263 e. The summed E-state index contributed by atoms with van der Waals surface area (Å²) in [5.74, 6) is -1.07. The molecular formula is C7H6NO4S.